The minimum atomic E-state index is -0.458. The number of fused-ring (bicyclic) bond motifs is 1. The molecule has 0 aromatic heterocycles. The third kappa shape index (κ3) is 3.38. The number of benzene rings is 2. The predicted octanol–water partition coefficient (Wildman–Crippen LogP) is 4.00. The van der Waals surface area contributed by atoms with Gasteiger partial charge in [-0.05, 0) is 30.7 Å². The van der Waals surface area contributed by atoms with Crippen LogP contribution in [0.15, 0.2) is 30.3 Å². The van der Waals surface area contributed by atoms with Gasteiger partial charge in [0.1, 0.15) is 12.4 Å². The van der Waals surface area contributed by atoms with E-state index < -0.39 is 4.92 Å². The molecule has 1 heterocycles. The quantitative estimate of drug-likeness (QED) is 0.623. The Morgan fingerprint density at radius 3 is 2.96 bits per heavy atom. The van der Waals surface area contributed by atoms with Crippen LogP contribution in [0.3, 0.4) is 0 Å². The van der Waals surface area contributed by atoms with E-state index in [4.69, 9.17) is 25.8 Å². The average Bonchev–Trinajstić information content (AvgIpc) is 2.53. The summed E-state index contributed by atoms with van der Waals surface area (Å²) in [5.74, 6) is 0.872. The first-order valence-corrected chi connectivity index (χ1v) is 7.32. The van der Waals surface area contributed by atoms with Crippen molar-refractivity contribution in [3.63, 3.8) is 0 Å². The molecule has 2 aromatic carbocycles. The van der Waals surface area contributed by atoms with Crippen molar-refractivity contribution in [1.82, 2.24) is 0 Å². The zero-order valence-electron chi connectivity index (χ0n) is 12.4. The fraction of sp³-hybridized carbons (Fsp3) is 0.250. The second-order valence-electron chi connectivity index (χ2n) is 5.18. The van der Waals surface area contributed by atoms with Gasteiger partial charge in [-0.15, -0.1) is 0 Å². The maximum atomic E-state index is 11.1. The lowest BCUT2D eigenvalue weighted by Gasteiger charge is -2.21. The number of ether oxygens (including phenoxy) is 3. The van der Waals surface area contributed by atoms with Gasteiger partial charge in [-0.2, -0.15) is 0 Å². The minimum absolute atomic E-state index is 0.0647. The van der Waals surface area contributed by atoms with Crippen LogP contribution in [0.2, 0.25) is 5.02 Å². The molecular formula is C16H14ClNO5. The number of hydrogen-bond acceptors (Lipinski definition) is 5. The van der Waals surface area contributed by atoms with Gasteiger partial charge in [0.25, 0.3) is 0 Å². The van der Waals surface area contributed by atoms with E-state index in [-0.39, 0.29) is 24.8 Å². The van der Waals surface area contributed by atoms with Gasteiger partial charge in [0.2, 0.25) is 0 Å². The normalized spacial score (nSPS) is 13.1. The molecule has 0 saturated carbocycles. The Labute approximate surface area is 137 Å². The number of nitro benzene ring substituents is 1. The van der Waals surface area contributed by atoms with Gasteiger partial charge in [0.05, 0.1) is 11.5 Å². The monoisotopic (exact) mass is 335 g/mol. The Morgan fingerprint density at radius 1 is 1.35 bits per heavy atom. The van der Waals surface area contributed by atoms with E-state index in [0.29, 0.717) is 17.4 Å². The molecule has 0 aliphatic carbocycles. The third-order valence-electron chi connectivity index (χ3n) is 3.45. The topological polar surface area (TPSA) is 70.8 Å². The standard InChI is InChI=1S/C16H14ClNO5/c1-10-2-3-15(14(4-10)18(19)20)22-8-12-6-13(17)5-11-7-21-9-23-16(11)12/h2-6H,7-9H2,1H3. The second-order valence-corrected chi connectivity index (χ2v) is 5.62. The molecule has 6 nitrogen and oxygen atoms in total. The van der Waals surface area contributed by atoms with Crippen molar-refractivity contribution in [3.05, 3.63) is 62.2 Å². The summed E-state index contributed by atoms with van der Waals surface area (Å²) in [4.78, 5) is 10.7. The van der Waals surface area contributed by atoms with Crippen LogP contribution in [0.4, 0.5) is 5.69 Å². The molecule has 0 amide bonds. The van der Waals surface area contributed by atoms with Gasteiger partial charge in [0, 0.05) is 22.2 Å². The molecule has 0 fully saturated rings. The average molecular weight is 336 g/mol. The molecule has 0 atom stereocenters. The molecule has 0 bridgehead atoms. The number of nitro groups is 1. The van der Waals surface area contributed by atoms with Gasteiger partial charge in [0.15, 0.2) is 12.5 Å². The van der Waals surface area contributed by atoms with Gasteiger partial charge >= 0.3 is 5.69 Å². The largest absolute Gasteiger partial charge is 0.482 e. The van der Waals surface area contributed by atoms with E-state index in [1.54, 1.807) is 31.2 Å². The third-order valence-corrected chi connectivity index (χ3v) is 3.66. The number of aryl methyl sites for hydroxylation is 1. The van der Waals surface area contributed by atoms with Crippen LogP contribution < -0.4 is 9.47 Å². The first-order chi connectivity index (χ1) is 11.0. The zero-order chi connectivity index (χ0) is 16.4. The highest BCUT2D eigenvalue weighted by atomic mass is 35.5. The Hall–Kier alpha value is -2.31. The zero-order valence-corrected chi connectivity index (χ0v) is 13.1. The maximum absolute atomic E-state index is 11.1. The molecule has 7 heteroatoms. The minimum Gasteiger partial charge on any atom is -0.482 e. The van der Waals surface area contributed by atoms with Crippen molar-refractivity contribution in [1.29, 1.82) is 0 Å². The summed E-state index contributed by atoms with van der Waals surface area (Å²) in [5.41, 5.74) is 2.29. The van der Waals surface area contributed by atoms with E-state index in [1.165, 1.54) is 6.07 Å². The Kier molecular flexibility index (Phi) is 4.36. The molecular weight excluding hydrogens is 322 g/mol. The van der Waals surface area contributed by atoms with Crippen LogP contribution in [0.25, 0.3) is 0 Å². The smallest absolute Gasteiger partial charge is 0.311 e. The van der Waals surface area contributed by atoms with E-state index in [9.17, 15) is 10.1 Å². The summed E-state index contributed by atoms with van der Waals surface area (Å²) in [6, 6.07) is 8.33. The van der Waals surface area contributed by atoms with Gasteiger partial charge in [-0.3, -0.25) is 10.1 Å². The summed E-state index contributed by atoms with van der Waals surface area (Å²) in [6.07, 6.45) is 0. The lowest BCUT2D eigenvalue weighted by atomic mass is 10.1. The Bertz CT molecular complexity index is 762. The van der Waals surface area contributed by atoms with Crippen molar-refractivity contribution >= 4 is 17.3 Å². The van der Waals surface area contributed by atoms with E-state index >= 15 is 0 Å². The highest BCUT2D eigenvalue weighted by Gasteiger charge is 2.19. The van der Waals surface area contributed by atoms with E-state index in [0.717, 1.165) is 16.7 Å². The summed E-state index contributed by atoms with van der Waals surface area (Å²) in [5, 5.41) is 11.7. The molecule has 3 rings (SSSR count). The van der Waals surface area contributed by atoms with Crippen LogP contribution in [0.1, 0.15) is 16.7 Å². The molecule has 120 valence electrons. The Morgan fingerprint density at radius 2 is 2.17 bits per heavy atom. The number of nitrogens with zero attached hydrogens (tertiary/aromatic N) is 1. The molecule has 1 aliphatic heterocycles. The summed E-state index contributed by atoms with van der Waals surface area (Å²) < 4.78 is 16.4. The number of rotatable bonds is 4. The van der Waals surface area contributed by atoms with Crippen molar-refractivity contribution in [2.24, 2.45) is 0 Å². The van der Waals surface area contributed by atoms with Gasteiger partial charge < -0.3 is 14.2 Å². The van der Waals surface area contributed by atoms with Crippen molar-refractivity contribution in [2.75, 3.05) is 6.79 Å². The number of halogens is 1. The van der Waals surface area contributed by atoms with Crippen LogP contribution in [-0.2, 0) is 18.0 Å². The SMILES string of the molecule is Cc1ccc(OCc2cc(Cl)cc3c2OCOC3)c([N+](=O)[O-])c1. The van der Waals surface area contributed by atoms with Crippen molar-refractivity contribution in [2.45, 2.75) is 20.1 Å². The molecule has 0 spiro atoms. The summed E-state index contributed by atoms with van der Waals surface area (Å²) in [7, 11) is 0. The molecule has 0 N–H and O–H groups in total. The fourth-order valence-electron chi connectivity index (χ4n) is 2.41. The van der Waals surface area contributed by atoms with Crippen LogP contribution in [-0.4, -0.2) is 11.7 Å². The molecule has 0 saturated heterocycles. The fourth-order valence-corrected chi connectivity index (χ4v) is 2.67. The molecule has 0 unspecified atom stereocenters. The molecule has 1 aliphatic rings. The van der Waals surface area contributed by atoms with E-state index in [2.05, 4.69) is 0 Å². The van der Waals surface area contributed by atoms with Crippen molar-refractivity contribution < 1.29 is 19.1 Å². The first kappa shape index (κ1) is 15.6. The van der Waals surface area contributed by atoms with Gasteiger partial charge in [-0.25, -0.2) is 0 Å². The van der Waals surface area contributed by atoms with Crippen LogP contribution in [0.5, 0.6) is 11.5 Å². The van der Waals surface area contributed by atoms with Gasteiger partial charge in [-0.1, -0.05) is 17.7 Å². The molecule has 23 heavy (non-hydrogen) atoms. The highest BCUT2D eigenvalue weighted by Crippen LogP contribution is 2.34. The number of hydrogen-bond donors (Lipinski definition) is 0. The maximum Gasteiger partial charge on any atom is 0.311 e. The van der Waals surface area contributed by atoms with E-state index in [1.807, 2.05) is 0 Å². The molecule has 0 radical (unpaired) electrons. The molecule has 2 aromatic rings. The first-order valence-electron chi connectivity index (χ1n) is 6.94. The lowest BCUT2D eigenvalue weighted by Crippen LogP contribution is -2.14. The predicted molar refractivity (Wildman–Crippen MR) is 83.9 cm³/mol. The summed E-state index contributed by atoms with van der Waals surface area (Å²) >= 11 is 6.09. The Balaban J connectivity index is 1.87. The second kappa shape index (κ2) is 6.44. The van der Waals surface area contributed by atoms with Crippen LogP contribution >= 0.6 is 11.6 Å². The van der Waals surface area contributed by atoms with Crippen molar-refractivity contribution in [3.8, 4) is 11.5 Å². The van der Waals surface area contributed by atoms with Crippen LogP contribution in [0, 0.1) is 17.0 Å². The lowest BCUT2D eigenvalue weighted by molar-refractivity contribution is -0.386. The summed E-state index contributed by atoms with van der Waals surface area (Å²) in [6.45, 7) is 2.48. The highest BCUT2D eigenvalue weighted by molar-refractivity contribution is 6.30.